The molecule has 0 saturated heterocycles. The minimum atomic E-state index is 0.513. The number of nitrogens with zero attached hydrogens (tertiary/aromatic N) is 2. The fraction of sp³-hybridized carbons (Fsp3) is 0.800. The molecule has 0 fully saturated rings. The number of aryl methyl sites for hydroxylation is 1. The van der Waals surface area contributed by atoms with E-state index in [0.717, 1.165) is 19.4 Å². The zero-order valence-corrected chi connectivity index (χ0v) is 12.4. The molecule has 0 spiro atoms. The van der Waals surface area contributed by atoms with Crippen LogP contribution in [0.5, 0.6) is 0 Å². The van der Waals surface area contributed by atoms with Crippen LogP contribution in [0.25, 0.3) is 0 Å². The van der Waals surface area contributed by atoms with Crippen molar-refractivity contribution < 1.29 is 0 Å². The standard InChI is InChI=1S/C15H29N3/c1-5-11-16-14(7-3)8-9-15-10-12-18(17-15)13(4)6-2/h10,12-14,16H,5-9,11H2,1-4H3. The van der Waals surface area contributed by atoms with Crippen LogP contribution in [0.15, 0.2) is 12.3 Å². The van der Waals surface area contributed by atoms with Crippen molar-refractivity contribution in [2.24, 2.45) is 0 Å². The third kappa shape index (κ3) is 4.81. The lowest BCUT2D eigenvalue weighted by molar-refractivity contribution is 0.454. The number of nitrogens with one attached hydrogen (secondary N) is 1. The van der Waals surface area contributed by atoms with E-state index in [1.54, 1.807) is 0 Å². The highest BCUT2D eigenvalue weighted by Crippen LogP contribution is 2.11. The molecule has 18 heavy (non-hydrogen) atoms. The van der Waals surface area contributed by atoms with Crippen molar-refractivity contribution in [2.75, 3.05) is 6.54 Å². The van der Waals surface area contributed by atoms with Crippen LogP contribution in [0.1, 0.15) is 65.1 Å². The second-order valence-corrected chi connectivity index (χ2v) is 5.14. The number of hydrogen-bond donors (Lipinski definition) is 1. The molecule has 1 rings (SSSR count). The van der Waals surface area contributed by atoms with Gasteiger partial charge in [-0.1, -0.05) is 20.8 Å². The summed E-state index contributed by atoms with van der Waals surface area (Å²) in [5.41, 5.74) is 1.23. The largest absolute Gasteiger partial charge is 0.314 e. The first-order valence-electron chi connectivity index (χ1n) is 7.48. The van der Waals surface area contributed by atoms with Crippen LogP contribution in [0.2, 0.25) is 0 Å². The first-order chi connectivity index (χ1) is 8.71. The van der Waals surface area contributed by atoms with Crippen molar-refractivity contribution in [2.45, 2.75) is 71.9 Å². The summed E-state index contributed by atoms with van der Waals surface area (Å²) in [6, 6.07) is 3.32. The predicted octanol–water partition coefficient (Wildman–Crippen LogP) is 3.56. The lowest BCUT2D eigenvalue weighted by atomic mass is 10.1. The third-order valence-electron chi connectivity index (χ3n) is 3.63. The van der Waals surface area contributed by atoms with Gasteiger partial charge in [-0.05, 0) is 51.6 Å². The Hall–Kier alpha value is -0.830. The zero-order chi connectivity index (χ0) is 13.4. The summed E-state index contributed by atoms with van der Waals surface area (Å²) >= 11 is 0. The molecule has 1 aromatic rings. The summed E-state index contributed by atoms with van der Waals surface area (Å²) in [5.74, 6) is 0. The average molecular weight is 251 g/mol. The normalized spacial score (nSPS) is 14.7. The Morgan fingerprint density at radius 1 is 1.28 bits per heavy atom. The molecule has 2 unspecified atom stereocenters. The van der Waals surface area contributed by atoms with Gasteiger partial charge < -0.3 is 5.32 Å². The fourth-order valence-corrected chi connectivity index (χ4v) is 2.06. The summed E-state index contributed by atoms with van der Waals surface area (Å²) < 4.78 is 2.09. The average Bonchev–Trinajstić information content (AvgIpc) is 2.87. The van der Waals surface area contributed by atoms with Crippen LogP contribution in [-0.4, -0.2) is 22.4 Å². The fourth-order valence-electron chi connectivity index (χ4n) is 2.06. The second-order valence-electron chi connectivity index (χ2n) is 5.14. The summed E-state index contributed by atoms with van der Waals surface area (Å²) in [6.07, 6.45) is 7.93. The van der Waals surface area contributed by atoms with Crippen LogP contribution in [0, 0.1) is 0 Å². The first-order valence-corrected chi connectivity index (χ1v) is 7.48. The van der Waals surface area contributed by atoms with Gasteiger partial charge >= 0.3 is 0 Å². The van der Waals surface area contributed by atoms with E-state index >= 15 is 0 Å². The van der Waals surface area contributed by atoms with Gasteiger partial charge in [0.05, 0.1) is 5.69 Å². The Morgan fingerprint density at radius 3 is 2.67 bits per heavy atom. The van der Waals surface area contributed by atoms with E-state index in [1.807, 2.05) is 0 Å². The van der Waals surface area contributed by atoms with Gasteiger partial charge in [-0.3, -0.25) is 4.68 Å². The van der Waals surface area contributed by atoms with Crippen LogP contribution in [-0.2, 0) is 6.42 Å². The minimum Gasteiger partial charge on any atom is -0.314 e. The molecule has 104 valence electrons. The van der Waals surface area contributed by atoms with Crippen molar-refractivity contribution in [3.05, 3.63) is 18.0 Å². The van der Waals surface area contributed by atoms with Gasteiger partial charge in [-0.25, -0.2) is 0 Å². The lowest BCUT2D eigenvalue weighted by Crippen LogP contribution is -2.29. The SMILES string of the molecule is CCCNC(CC)CCc1ccn(C(C)CC)n1. The molecule has 1 heterocycles. The Labute approximate surface area is 112 Å². The van der Waals surface area contributed by atoms with Gasteiger partial charge in [0.15, 0.2) is 0 Å². The highest BCUT2D eigenvalue weighted by molar-refractivity contribution is 5.00. The van der Waals surface area contributed by atoms with E-state index in [2.05, 4.69) is 55.1 Å². The topological polar surface area (TPSA) is 29.9 Å². The van der Waals surface area contributed by atoms with Crippen LogP contribution < -0.4 is 5.32 Å². The smallest absolute Gasteiger partial charge is 0.0625 e. The summed E-state index contributed by atoms with van der Waals surface area (Å²) in [4.78, 5) is 0. The number of aromatic nitrogens is 2. The molecule has 3 nitrogen and oxygen atoms in total. The Kier molecular flexibility index (Phi) is 7.02. The predicted molar refractivity (Wildman–Crippen MR) is 77.9 cm³/mol. The van der Waals surface area contributed by atoms with Crippen molar-refractivity contribution >= 4 is 0 Å². The summed E-state index contributed by atoms with van der Waals surface area (Å²) in [5, 5.41) is 8.25. The van der Waals surface area contributed by atoms with Crippen molar-refractivity contribution in [3.63, 3.8) is 0 Å². The number of hydrogen-bond acceptors (Lipinski definition) is 2. The Balaban J connectivity index is 2.39. The van der Waals surface area contributed by atoms with Crippen molar-refractivity contribution in [3.8, 4) is 0 Å². The van der Waals surface area contributed by atoms with Gasteiger partial charge in [0.1, 0.15) is 0 Å². The highest BCUT2D eigenvalue weighted by atomic mass is 15.3. The summed E-state index contributed by atoms with van der Waals surface area (Å²) in [7, 11) is 0. The third-order valence-corrected chi connectivity index (χ3v) is 3.63. The van der Waals surface area contributed by atoms with Crippen molar-refractivity contribution in [1.82, 2.24) is 15.1 Å². The molecule has 0 saturated carbocycles. The monoisotopic (exact) mass is 251 g/mol. The van der Waals surface area contributed by atoms with E-state index in [-0.39, 0.29) is 0 Å². The van der Waals surface area contributed by atoms with Gasteiger partial charge in [-0.15, -0.1) is 0 Å². The van der Waals surface area contributed by atoms with Gasteiger partial charge in [-0.2, -0.15) is 5.10 Å². The second kappa shape index (κ2) is 8.30. The minimum absolute atomic E-state index is 0.513. The molecule has 0 radical (unpaired) electrons. The molecule has 0 aliphatic heterocycles. The van der Waals surface area contributed by atoms with Crippen LogP contribution in [0.4, 0.5) is 0 Å². The zero-order valence-electron chi connectivity index (χ0n) is 12.4. The molecule has 0 amide bonds. The Bertz CT molecular complexity index is 319. The molecule has 1 aromatic heterocycles. The lowest BCUT2D eigenvalue weighted by Gasteiger charge is -2.15. The van der Waals surface area contributed by atoms with E-state index in [0.29, 0.717) is 12.1 Å². The molecule has 0 bridgehead atoms. The van der Waals surface area contributed by atoms with Crippen molar-refractivity contribution in [1.29, 1.82) is 0 Å². The van der Waals surface area contributed by atoms with E-state index < -0.39 is 0 Å². The first kappa shape index (κ1) is 15.2. The molecule has 0 aliphatic rings. The molecule has 1 N–H and O–H groups in total. The van der Waals surface area contributed by atoms with E-state index in [1.165, 1.54) is 25.0 Å². The van der Waals surface area contributed by atoms with Gasteiger partial charge in [0.2, 0.25) is 0 Å². The van der Waals surface area contributed by atoms with Crippen LogP contribution in [0.3, 0.4) is 0 Å². The highest BCUT2D eigenvalue weighted by Gasteiger charge is 2.08. The van der Waals surface area contributed by atoms with Crippen LogP contribution >= 0.6 is 0 Å². The molecular weight excluding hydrogens is 222 g/mol. The van der Waals surface area contributed by atoms with E-state index in [4.69, 9.17) is 0 Å². The van der Waals surface area contributed by atoms with Gasteiger partial charge in [0, 0.05) is 18.3 Å². The molecule has 0 aromatic carbocycles. The Morgan fingerprint density at radius 2 is 2.06 bits per heavy atom. The summed E-state index contributed by atoms with van der Waals surface area (Å²) in [6.45, 7) is 10.0. The maximum Gasteiger partial charge on any atom is 0.0625 e. The maximum atomic E-state index is 4.66. The number of rotatable bonds is 9. The molecule has 0 aliphatic carbocycles. The molecule has 2 atom stereocenters. The quantitative estimate of drug-likeness (QED) is 0.727. The molecule has 3 heteroatoms. The maximum absolute atomic E-state index is 4.66. The molecular formula is C15H29N3. The van der Waals surface area contributed by atoms with E-state index in [9.17, 15) is 0 Å². The van der Waals surface area contributed by atoms with Gasteiger partial charge in [0.25, 0.3) is 0 Å².